The van der Waals surface area contributed by atoms with Crippen LogP contribution in [-0.4, -0.2) is 78.2 Å². The fourth-order valence-electron chi connectivity index (χ4n) is 5.05. The molecule has 33 heavy (non-hydrogen) atoms. The molecular formula is C26H35N3O4. The van der Waals surface area contributed by atoms with Crippen molar-refractivity contribution in [1.82, 2.24) is 15.1 Å². The lowest BCUT2D eigenvalue weighted by molar-refractivity contribution is -0.125. The number of carbonyl (C=O) groups is 2. The highest BCUT2D eigenvalue weighted by Gasteiger charge is 2.36. The van der Waals surface area contributed by atoms with Crippen LogP contribution in [0.5, 0.6) is 5.75 Å². The summed E-state index contributed by atoms with van der Waals surface area (Å²) in [6.45, 7) is 8.68. The van der Waals surface area contributed by atoms with Gasteiger partial charge in [0, 0.05) is 37.6 Å². The molecule has 0 bridgehead atoms. The number of hydrogen-bond acceptors (Lipinski definition) is 5. The van der Waals surface area contributed by atoms with Crippen molar-refractivity contribution in [2.45, 2.75) is 45.2 Å². The van der Waals surface area contributed by atoms with Crippen LogP contribution in [0.2, 0.25) is 0 Å². The average Bonchev–Trinajstić information content (AvgIpc) is 3.32. The van der Waals surface area contributed by atoms with E-state index >= 15 is 0 Å². The molecule has 7 nitrogen and oxygen atoms in total. The minimum Gasteiger partial charge on any atom is -0.506 e. The number of rotatable bonds is 7. The summed E-state index contributed by atoms with van der Waals surface area (Å²) in [5.41, 5.74) is 0.249. The minimum atomic E-state index is -0.507. The number of benzene rings is 2. The van der Waals surface area contributed by atoms with Crippen LogP contribution in [0.1, 0.15) is 43.5 Å². The quantitative estimate of drug-likeness (QED) is 0.674. The molecule has 0 unspecified atom stereocenters. The number of amides is 2. The summed E-state index contributed by atoms with van der Waals surface area (Å²) < 4.78 is 5.49. The molecule has 2 saturated heterocycles. The predicted molar refractivity (Wildman–Crippen MR) is 128 cm³/mol. The van der Waals surface area contributed by atoms with Gasteiger partial charge in [-0.2, -0.15) is 0 Å². The third-order valence-electron chi connectivity index (χ3n) is 6.76. The van der Waals surface area contributed by atoms with Gasteiger partial charge in [0.25, 0.3) is 5.91 Å². The van der Waals surface area contributed by atoms with Gasteiger partial charge in [-0.15, -0.1) is 0 Å². The minimum absolute atomic E-state index is 0.0199. The maximum absolute atomic E-state index is 13.3. The van der Waals surface area contributed by atoms with Gasteiger partial charge in [0.2, 0.25) is 5.91 Å². The van der Waals surface area contributed by atoms with Gasteiger partial charge in [-0.05, 0) is 36.6 Å². The lowest BCUT2D eigenvalue weighted by atomic mass is 10.0. The van der Waals surface area contributed by atoms with Crippen molar-refractivity contribution in [3.63, 3.8) is 0 Å². The fourth-order valence-corrected chi connectivity index (χ4v) is 5.05. The number of phenolic OH excluding ortho intramolecular Hbond substituents is 1. The second-order valence-corrected chi connectivity index (χ2v) is 9.52. The van der Waals surface area contributed by atoms with Crippen molar-refractivity contribution in [2.24, 2.45) is 5.92 Å². The van der Waals surface area contributed by atoms with E-state index in [9.17, 15) is 14.7 Å². The number of ether oxygens (including phenoxy) is 1. The molecule has 2 amide bonds. The number of nitrogens with one attached hydrogen (secondary N) is 1. The molecule has 0 saturated carbocycles. The Labute approximate surface area is 195 Å². The van der Waals surface area contributed by atoms with Crippen LogP contribution in [0.4, 0.5) is 0 Å². The smallest absolute Gasteiger partial charge is 0.258 e. The van der Waals surface area contributed by atoms with Crippen LogP contribution < -0.4 is 5.32 Å². The Morgan fingerprint density at radius 1 is 1.12 bits per heavy atom. The summed E-state index contributed by atoms with van der Waals surface area (Å²) >= 11 is 0. The van der Waals surface area contributed by atoms with E-state index in [0.717, 1.165) is 44.5 Å². The number of nitrogens with zero attached hydrogens (tertiary/aromatic N) is 2. The number of phenols is 1. The standard InChI is InChI=1S/C26H35N3O4/c1-18(2)16-20(28-12-14-33-15-13-28)17-27-25(31)23-8-5-11-29(23)26(32)22-10-9-19-6-3-4-7-21(19)24(22)30/h3-4,6-7,9-10,18,20,23,30H,5,8,11-17H2,1-2H3,(H,27,31)/t20-,23+/m1/s1. The highest BCUT2D eigenvalue weighted by Crippen LogP contribution is 2.31. The molecule has 7 heteroatoms. The molecule has 4 rings (SSSR count). The Morgan fingerprint density at radius 2 is 1.88 bits per heavy atom. The maximum atomic E-state index is 13.3. The average molecular weight is 454 g/mol. The first-order chi connectivity index (χ1) is 16.0. The van der Waals surface area contributed by atoms with Crippen molar-refractivity contribution in [2.75, 3.05) is 39.4 Å². The number of aromatic hydroxyl groups is 1. The van der Waals surface area contributed by atoms with Crippen LogP contribution in [0, 0.1) is 5.92 Å². The number of morpholine rings is 1. The molecular weight excluding hydrogens is 418 g/mol. The second-order valence-electron chi connectivity index (χ2n) is 9.52. The molecule has 2 N–H and O–H groups in total. The molecule has 0 radical (unpaired) electrons. The van der Waals surface area contributed by atoms with Crippen molar-refractivity contribution in [3.8, 4) is 5.75 Å². The Hall–Kier alpha value is -2.64. The summed E-state index contributed by atoms with van der Waals surface area (Å²) in [6, 6.07) is 10.7. The summed E-state index contributed by atoms with van der Waals surface area (Å²) in [7, 11) is 0. The van der Waals surface area contributed by atoms with Crippen molar-refractivity contribution >= 4 is 22.6 Å². The van der Waals surface area contributed by atoms with Gasteiger partial charge in [0.05, 0.1) is 18.8 Å². The third kappa shape index (κ3) is 5.31. The van der Waals surface area contributed by atoms with Crippen LogP contribution in [-0.2, 0) is 9.53 Å². The zero-order valence-corrected chi connectivity index (χ0v) is 19.6. The largest absolute Gasteiger partial charge is 0.506 e. The first-order valence-electron chi connectivity index (χ1n) is 12.1. The fraction of sp³-hybridized carbons (Fsp3) is 0.538. The SMILES string of the molecule is CC(C)C[C@H](CNC(=O)[C@@H]1CCCN1C(=O)c1ccc2ccccc2c1O)N1CCOCC1. The van der Waals surface area contributed by atoms with Gasteiger partial charge in [0.15, 0.2) is 0 Å². The highest BCUT2D eigenvalue weighted by molar-refractivity contribution is 6.05. The Bertz CT molecular complexity index is 987. The highest BCUT2D eigenvalue weighted by atomic mass is 16.5. The van der Waals surface area contributed by atoms with E-state index in [4.69, 9.17) is 4.74 Å². The number of hydrogen-bond donors (Lipinski definition) is 2. The third-order valence-corrected chi connectivity index (χ3v) is 6.76. The van der Waals surface area contributed by atoms with Gasteiger partial charge in [0.1, 0.15) is 11.8 Å². The summed E-state index contributed by atoms with van der Waals surface area (Å²) in [5, 5.41) is 15.4. The van der Waals surface area contributed by atoms with E-state index in [0.29, 0.717) is 30.8 Å². The number of likely N-dealkylation sites (tertiary alicyclic amines) is 1. The van der Waals surface area contributed by atoms with Gasteiger partial charge in [-0.3, -0.25) is 14.5 Å². The van der Waals surface area contributed by atoms with Crippen molar-refractivity contribution < 1.29 is 19.4 Å². The molecule has 2 aliphatic rings. The van der Waals surface area contributed by atoms with E-state index in [-0.39, 0.29) is 29.2 Å². The molecule has 2 aromatic rings. The molecule has 0 aromatic heterocycles. The first-order valence-corrected chi connectivity index (χ1v) is 12.1. The van der Waals surface area contributed by atoms with Crippen LogP contribution in [0.15, 0.2) is 36.4 Å². The summed E-state index contributed by atoms with van der Waals surface area (Å²) in [4.78, 5) is 30.5. The van der Waals surface area contributed by atoms with Gasteiger partial charge >= 0.3 is 0 Å². The Kier molecular flexibility index (Phi) is 7.50. The number of carbonyl (C=O) groups excluding carboxylic acids is 2. The van der Waals surface area contributed by atoms with Gasteiger partial charge in [-0.1, -0.05) is 44.2 Å². The lowest BCUT2D eigenvalue weighted by Gasteiger charge is -2.36. The van der Waals surface area contributed by atoms with Gasteiger partial charge in [-0.25, -0.2) is 0 Å². The number of fused-ring (bicyclic) bond motifs is 1. The Balaban J connectivity index is 1.44. The lowest BCUT2D eigenvalue weighted by Crippen LogP contribution is -2.52. The molecule has 2 aliphatic heterocycles. The van der Waals surface area contributed by atoms with Gasteiger partial charge < -0.3 is 20.1 Å². The Morgan fingerprint density at radius 3 is 2.64 bits per heavy atom. The molecule has 2 aromatic carbocycles. The zero-order chi connectivity index (χ0) is 23.4. The van der Waals surface area contributed by atoms with Crippen LogP contribution >= 0.6 is 0 Å². The molecule has 2 heterocycles. The second kappa shape index (κ2) is 10.5. The van der Waals surface area contributed by atoms with E-state index < -0.39 is 6.04 Å². The summed E-state index contributed by atoms with van der Waals surface area (Å²) in [6.07, 6.45) is 2.41. The van der Waals surface area contributed by atoms with Crippen LogP contribution in [0.25, 0.3) is 10.8 Å². The van der Waals surface area contributed by atoms with E-state index in [1.54, 1.807) is 17.0 Å². The zero-order valence-electron chi connectivity index (χ0n) is 19.6. The molecule has 178 valence electrons. The van der Waals surface area contributed by atoms with E-state index in [1.165, 1.54) is 0 Å². The van der Waals surface area contributed by atoms with Crippen LogP contribution in [0.3, 0.4) is 0 Å². The maximum Gasteiger partial charge on any atom is 0.258 e. The monoisotopic (exact) mass is 453 g/mol. The van der Waals surface area contributed by atoms with Crippen molar-refractivity contribution in [1.29, 1.82) is 0 Å². The predicted octanol–water partition coefficient (Wildman–Crippen LogP) is 3.01. The molecule has 0 spiro atoms. The van der Waals surface area contributed by atoms with E-state index in [1.807, 2.05) is 24.3 Å². The molecule has 0 aliphatic carbocycles. The topological polar surface area (TPSA) is 82.1 Å². The first kappa shape index (κ1) is 23.5. The van der Waals surface area contributed by atoms with E-state index in [2.05, 4.69) is 24.1 Å². The van der Waals surface area contributed by atoms with Crippen molar-refractivity contribution in [3.05, 3.63) is 42.0 Å². The molecule has 2 atom stereocenters. The summed E-state index contributed by atoms with van der Waals surface area (Å²) in [5.74, 6) is 0.106. The normalized spacial score (nSPS) is 20.3. The molecule has 2 fully saturated rings.